The quantitative estimate of drug-likeness (QED) is 0.795. The van der Waals surface area contributed by atoms with E-state index in [9.17, 15) is 9.90 Å². The van der Waals surface area contributed by atoms with E-state index in [0.29, 0.717) is 11.3 Å². The van der Waals surface area contributed by atoms with Gasteiger partial charge in [-0.25, -0.2) is 4.79 Å². The first-order valence-electron chi connectivity index (χ1n) is 5.89. The maximum absolute atomic E-state index is 11.3. The topological polar surface area (TPSA) is 49.3 Å². The summed E-state index contributed by atoms with van der Waals surface area (Å²) in [5.41, 5.74) is 1.05. The number of carbonyl (C=O) groups is 1. The van der Waals surface area contributed by atoms with Crippen molar-refractivity contribution in [3.05, 3.63) is 46.2 Å². The van der Waals surface area contributed by atoms with Gasteiger partial charge in [0.2, 0.25) is 0 Å². The van der Waals surface area contributed by atoms with Crippen LogP contribution in [0, 0.1) is 0 Å². The van der Waals surface area contributed by atoms with E-state index in [4.69, 9.17) is 0 Å². The molecular weight excluding hydrogens is 278 g/mol. The monoisotopic (exact) mass is 293 g/mol. The molecule has 2 N–H and O–H groups in total. The molecule has 0 bridgehead atoms. The van der Waals surface area contributed by atoms with Crippen molar-refractivity contribution in [2.75, 3.05) is 18.1 Å². The molecule has 0 spiro atoms. The van der Waals surface area contributed by atoms with Gasteiger partial charge in [-0.05, 0) is 36.3 Å². The van der Waals surface area contributed by atoms with Gasteiger partial charge in [-0.3, -0.25) is 0 Å². The van der Waals surface area contributed by atoms with Crippen molar-refractivity contribution in [2.24, 2.45) is 0 Å². The second kappa shape index (κ2) is 6.63. The summed E-state index contributed by atoms with van der Waals surface area (Å²) in [6.07, 6.45) is 2.79. The molecule has 2 aromatic rings. The Morgan fingerprint density at radius 2 is 2.21 bits per heavy atom. The molecule has 0 aliphatic rings. The van der Waals surface area contributed by atoms with Crippen molar-refractivity contribution < 1.29 is 9.90 Å². The smallest absolute Gasteiger partial charge is 0.338 e. The third-order valence-corrected chi connectivity index (χ3v) is 4.44. The Balaban J connectivity index is 2.09. The third kappa shape index (κ3) is 3.52. The van der Waals surface area contributed by atoms with Crippen molar-refractivity contribution in [3.8, 4) is 0 Å². The van der Waals surface area contributed by atoms with Crippen LogP contribution in [0.15, 0.2) is 40.6 Å². The lowest BCUT2D eigenvalue weighted by Crippen LogP contribution is -2.10. The number of benzene rings is 1. The minimum Gasteiger partial charge on any atom is -0.478 e. The molecule has 1 heterocycles. The van der Waals surface area contributed by atoms with E-state index in [1.165, 1.54) is 16.6 Å². The minimum absolute atomic E-state index is 0.362. The van der Waals surface area contributed by atoms with Gasteiger partial charge < -0.3 is 10.4 Å². The first-order valence-corrected chi connectivity index (χ1v) is 7.99. The summed E-state index contributed by atoms with van der Waals surface area (Å²) in [5.74, 6) is -0.886. The van der Waals surface area contributed by atoms with Crippen LogP contribution in [0.3, 0.4) is 0 Å². The number of anilines is 1. The Morgan fingerprint density at radius 1 is 1.37 bits per heavy atom. The van der Waals surface area contributed by atoms with E-state index in [2.05, 4.69) is 11.4 Å². The van der Waals surface area contributed by atoms with Gasteiger partial charge in [0.15, 0.2) is 0 Å². The highest BCUT2D eigenvalue weighted by Crippen LogP contribution is 2.27. The van der Waals surface area contributed by atoms with Crippen molar-refractivity contribution >= 4 is 34.8 Å². The van der Waals surface area contributed by atoms with E-state index in [-0.39, 0.29) is 0 Å². The van der Waals surface area contributed by atoms with Gasteiger partial charge in [-0.15, -0.1) is 23.1 Å². The van der Waals surface area contributed by atoms with Crippen LogP contribution in [-0.2, 0) is 6.42 Å². The average molecular weight is 293 g/mol. The summed E-state index contributed by atoms with van der Waals surface area (Å²) in [5, 5.41) is 14.6. The summed E-state index contributed by atoms with van der Waals surface area (Å²) in [4.78, 5) is 13.4. The maximum atomic E-state index is 11.3. The first kappa shape index (κ1) is 14.0. The number of rotatable bonds is 6. The number of carboxylic acid groups (broad SMARTS) is 1. The molecule has 2 rings (SSSR count). The molecule has 0 fully saturated rings. The number of nitrogens with one attached hydrogen (secondary N) is 1. The fourth-order valence-corrected chi connectivity index (χ4v) is 3.17. The van der Waals surface area contributed by atoms with Crippen LogP contribution in [0.1, 0.15) is 15.2 Å². The highest BCUT2D eigenvalue weighted by molar-refractivity contribution is 7.98. The molecule has 5 heteroatoms. The van der Waals surface area contributed by atoms with E-state index < -0.39 is 5.97 Å². The molecule has 0 saturated heterocycles. The predicted octanol–water partition coefficient (Wildman–Crippen LogP) is 3.82. The van der Waals surface area contributed by atoms with Crippen LogP contribution in [0.2, 0.25) is 0 Å². The van der Waals surface area contributed by atoms with Crippen molar-refractivity contribution in [1.29, 1.82) is 0 Å². The number of thiophene rings is 1. The van der Waals surface area contributed by atoms with E-state index in [1.54, 1.807) is 11.3 Å². The van der Waals surface area contributed by atoms with Gasteiger partial charge in [-0.1, -0.05) is 12.1 Å². The lowest BCUT2D eigenvalue weighted by molar-refractivity contribution is 0.0694. The van der Waals surface area contributed by atoms with Crippen LogP contribution < -0.4 is 5.32 Å². The summed E-state index contributed by atoms with van der Waals surface area (Å²) in [7, 11) is 0. The molecule has 3 nitrogen and oxygen atoms in total. The van der Waals surface area contributed by atoms with E-state index >= 15 is 0 Å². The molecule has 100 valence electrons. The van der Waals surface area contributed by atoms with Gasteiger partial charge >= 0.3 is 5.97 Å². The zero-order chi connectivity index (χ0) is 13.7. The van der Waals surface area contributed by atoms with Crippen LogP contribution in [-0.4, -0.2) is 23.9 Å². The standard InChI is InChI=1S/C14H15NO2S2/c1-18-12-6-2-5-11(13(12)14(16)17)15-8-7-10-4-3-9-19-10/h2-6,9,15H,7-8H2,1H3,(H,16,17). The van der Waals surface area contributed by atoms with Crippen LogP contribution in [0.25, 0.3) is 0 Å². The maximum Gasteiger partial charge on any atom is 0.338 e. The fourth-order valence-electron chi connectivity index (χ4n) is 1.84. The van der Waals surface area contributed by atoms with Crippen LogP contribution in [0.5, 0.6) is 0 Å². The van der Waals surface area contributed by atoms with Crippen molar-refractivity contribution in [1.82, 2.24) is 0 Å². The van der Waals surface area contributed by atoms with Gasteiger partial charge in [0.1, 0.15) is 0 Å². The van der Waals surface area contributed by atoms with Crippen LogP contribution in [0.4, 0.5) is 5.69 Å². The molecule has 0 radical (unpaired) electrons. The summed E-state index contributed by atoms with van der Waals surface area (Å²) in [6.45, 7) is 0.735. The molecule has 0 aliphatic carbocycles. The van der Waals surface area contributed by atoms with Gasteiger partial charge in [0.05, 0.1) is 5.56 Å². The molecule has 1 aromatic carbocycles. The number of aromatic carboxylic acids is 1. The lowest BCUT2D eigenvalue weighted by atomic mass is 10.1. The van der Waals surface area contributed by atoms with Gasteiger partial charge in [-0.2, -0.15) is 0 Å². The largest absolute Gasteiger partial charge is 0.478 e. The Labute approximate surface area is 120 Å². The zero-order valence-corrected chi connectivity index (χ0v) is 12.2. The molecule has 0 aliphatic heterocycles. The predicted molar refractivity (Wildman–Crippen MR) is 81.7 cm³/mol. The van der Waals surface area contributed by atoms with Gasteiger partial charge in [0, 0.05) is 22.0 Å². The highest BCUT2D eigenvalue weighted by Gasteiger charge is 2.14. The summed E-state index contributed by atoms with van der Waals surface area (Å²) >= 11 is 3.17. The van der Waals surface area contributed by atoms with Gasteiger partial charge in [0.25, 0.3) is 0 Å². The highest BCUT2D eigenvalue weighted by atomic mass is 32.2. The minimum atomic E-state index is -0.886. The molecule has 0 atom stereocenters. The average Bonchev–Trinajstić information content (AvgIpc) is 2.91. The lowest BCUT2D eigenvalue weighted by Gasteiger charge is -2.11. The van der Waals surface area contributed by atoms with Crippen molar-refractivity contribution in [2.45, 2.75) is 11.3 Å². The Bertz CT molecular complexity index is 553. The van der Waals surface area contributed by atoms with Crippen molar-refractivity contribution in [3.63, 3.8) is 0 Å². The number of hydrogen-bond donors (Lipinski definition) is 2. The third-order valence-electron chi connectivity index (χ3n) is 2.73. The fraction of sp³-hybridized carbons (Fsp3) is 0.214. The zero-order valence-electron chi connectivity index (χ0n) is 10.6. The number of carboxylic acids is 1. The Morgan fingerprint density at radius 3 is 2.84 bits per heavy atom. The first-order chi connectivity index (χ1) is 9.22. The Hall–Kier alpha value is -1.46. The molecule has 19 heavy (non-hydrogen) atoms. The second-order valence-corrected chi connectivity index (χ2v) is 5.82. The summed E-state index contributed by atoms with van der Waals surface area (Å²) < 4.78 is 0. The number of hydrogen-bond acceptors (Lipinski definition) is 4. The second-order valence-electron chi connectivity index (χ2n) is 3.94. The van der Waals surface area contributed by atoms with E-state index in [1.807, 2.05) is 35.9 Å². The molecule has 0 amide bonds. The molecular formula is C14H15NO2S2. The SMILES string of the molecule is CSc1cccc(NCCc2cccs2)c1C(=O)O. The number of thioether (sulfide) groups is 1. The Kier molecular flexibility index (Phi) is 4.87. The summed E-state index contributed by atoms with van der Waals surface area (Å²) in [6, 6.07) is 9.64. The molecule has 0 unspecified atom stereocenters. The molecule has 0 saturated carbocycles. The molecule has 1 aromatic heterocycles. The normalized spacial score (nSPS) is 10.4. The van der Waals surface area contributed by atoms with Crippen LogP contribution >= 0.6 is 23.1 Å². The van der Waals surface area contributed by atoms with E-state index in [0.717, 1.165) is 17.9 Å².